The van der Waals surface area contributed by atoms with Crippen LogP contribution < -0.4 is 0 Å². The number of hydrogen-bond donors (Lipinski definition) is 1. The number of amides is 1. The molecule has 156 valence electrons. The number of carbonyl (C=O) groups is 1. The summed E-state index contributed by atoms with van der Waals surface area (Å²) in [6.07, 6.45) is 2.83. The van der Waals surface area contributed by atoms with Crippen LogP contribution in [0.2, 0.25) is 0 Å². The molecule has 0 saturated heterocycles. The zero-order chi connectivity index (χ0) is 19.8. The van der Waals surface area contributed by atoms with Gasteiger partial charge in [-0.25, -0.2) is 5.06 Å². The van der Waals surface area contributed by atoms with Crippen LogP contribution in [0.25, 0.3) is 0 Å². The molecule has 0 aromatic carbocycles. The molecule has 1 N–H and O–H groups in total. The fourth-order valence-electron chi connectivity index (χ4n) is 2.24. The number of hydrogen-bond acceptors (Lipinski definition) is 6. The standard InChI is InChI=1S/C19H39NO6/c1-6-9-12-24-15-16(21)17(25-13-10-7-2)18(26-14-11-8-3)19(22)20(4)23-5/h16-18,21H,6-15H2,1-5H3/t16-,17-,18-/m1/s1. The van der Waals surface area contributed by atoms with E-state index in [-0.39, 0.29) is 12.5 Å². The average molecular weight is 378 g/mol. The summed E-state index contributed by atoms with van der Waals surface area (Å²) in [5, 5.41) is 11.7. The molecular formula is C19H39NO6. The van der Waals surface area contributed by atoms with E-state index in [2.05, 4.69) is 13.8 Å². The normalized spacial score (nSPS) is 14.8. The first kappa shape index (κ1) is 25.3. The summed E-state index contributed by atoms with van der Waals surface area (Å²) in [4.78, 5) is 17.7. The van der Waals surface area contributed by atoms with Gasteiger partial charge in [-0.3, -0.25) is 9.63 Å². The highest BCUT2D eigenvalue weighted by Gasteiger charge is 2.37. The summed E-state index contributed by atoms with van der Waals surface area (Å²) < 4.78 is 17.2. The number of nitrogens with zero attached hydrogens (tertiary/aromatic N) is 1. The lowest BCUT2D eigenvalue weighted by Crippen LogP contribution is -2.51. The van der Waals surface area contributed by atoms with Gasteiger partial charge >= 0.3 is 0 Å². The quantitative estimate of drug-likeness (QED) is 0.310. The lowest BCUT2D eigenvalue weighted by Gasteiger charge is -2.32. The molecule has 0 aliphatic rings. The summed E-state index contributed by atoms with van der Waals surface area (Å²) in [6, 6.07) is 0. The Morgan fingerprint density at radius 1 is 0.962 bits per heavy atom. The van der Waals surface area contributed by atoms with Gasteiger partial charge < -0.3 is 19.3 Å². The van der Waals surface area contributed by atoms with Crippen molar-refractivity contribution in [2.45, 2.75) is 77.6 Å². The third-order valence-corrected chi connectivity index (χ3v) is 4.04. The summed E-state index contributed by atoms with van der Waals surface area (Å²) in [7, 11) is 2.93. The van der Waals surface area contributed by atoms with Crippen molar-refractivity contribution < 1.29 is 28.9 Å². The molecule has 0 unspecified atom stereocenters. The van der Waals surface area contributed by atoms with E-state index in [1.807, 2.05) is 6.92 Å². The summed E-state index contributed by atoms with van der Waals surface area (Å²) in [6.45, 7) is 7.73. The van der Waals surface area contributed by atoms with Crippen LogP contribution in [0, 0.1) is 0 Å². The monoisotopic (exact) mass is 377 g/mol. The third kappa shape index (κ3) is 10.4. The molecule has 0 aromatic rings. The molecular weight excluding hydrogens is 338 g/mol. The smallest absolute Gasteiger partial charge is 0.277 e. The molecule has 0 heterocycles. The second-order valence-electron chi connectivity index (χ2n) is 6.35. The summed E-state index contributed by atoms with van der Waals surface area (Å²) in [5.41, 5.74) is 0. The first-order valence-electron chi connectivity index (χ1n) is 9.83. The number of rotatable bonds is 17. The molecule has 0 spiro atoms. The number of ether oxygens (including phenoxy) is 3. The molecule has 26 heavy (non-hydrogen) atoms. The van der Waals surface area contributed by atoms with Crippen molar-refractivity contribution in [3.8, 4) is 0 Å². The molecule has 0 aromatic heterocycles. The van der Waals surface area contributed by atoms with E-state index in [1.165, 1.54) is 14.2 Å². The first-order valence-corrected chi connectivity index (χ1v) is 9.83. The number of aliphatic hydroxyl groups is 1. The molecule has 0 aliphatic heterocycles. The van der Waals surface area contributed by atoms with E-state index >= 15 is 0 Å². The highest BCUT2D eigenvalue weighted by molar-refractivity contribution is 5.80. The van der Waals surface area contributed by atoms with Crippen LogP contribution in [0.3, 0.4) is 0 Å². The molecule has 0 radical (unpaired) electrons. The number of likely N-dealkylation sites (N-methyl/N-ethyl adjacent to an activating group) is 1. The highest BCUT2D eigenvalue weighted by atomic mass is 16.7. The minimum Gasteiger partial charge on any atom is -0.388 e. The van der Waals surface area contributed by atoms with Gasteiger partial charge in [0, 0.05) is 26.9 Å². The van der Waals surface area contributed by atoms with E-state index in [0.717, 1.165) is 43.6 Å². The molecule has 0 saturated carbocycles. The fraction of sp³-hybridized carbons (Fsp3) is 0.947. The van der Waals surface area contributed by atoms with Gasteiger partial charge in [-0.1, -0.05) is 40.0 Å². The van der Waals surface area contributed by atoms with E-state index in [0.29, 0.717) is 19.8 Å². The number of hydroxylamine groups is 2. The minimum absolute atomic E-state index is 0.106. The average Bonchev–Trinajstić information content (AvgIpc) is 2.65. The molecule has 3 atom stereocenters. The van der Waals surface area contributed by atoms with E-state index in [9.17, 15) is 9.90 Å². The van der Waals surface area contributed by atoms with Gasteiger partial charge in [0.25, 0.3) is 5.91 Å². The fourth-order valence-corrected chi connectivity index (χ4v) is 2.24. The zero-order valence-electron chi connectivity index (χ0n) is 17.2. The van der Waals surface area contributed by atoms with E-state index in [4.69, 9.17) is 19.0 Å². The SMILES string of the molecule is CCCCOC[C@@H](O)[C@@H](OCCCC)[C@@H](OCCCC)C(=O)N(C)OC. The third-order valence-electron chi connectivity index (χ3n) is 4.04. The van der Waals surface area contributed by atoms with Gasteiger partial charge in [0.1, 0.15) is 12.2 Å². The van der Waals surface area contributed by atoms with Crippen molar-refractivity contribution in [2.75, 3.05) is 40.6 Å². The van der Waals surface area contributed by atoms with Gasteiger partial charge in [0.2, 0.25) is 0 Å². The summed E-state index contributed by atoms with van der Waals surface area (Å²) >= 11 is 0. The maximum absolute atomic E-state index is 12.7. The Bertz CT molecular complexity index is 342. The zero-order valence-corrected chi connectivity index (χ0v) is 17.2. The van der Waals surface area contributed by atoms with Crippen LogP contribution in [-0.2, 0) is 23.8 Å². The van der Waals surface area contributed by atoms with Crippen molar-refractivity contribution >= 4 is 5.91 Å². The Labute approximate surface area is 158 Å². The van der Waals surface area contributed by atoms with Crippen LogP contribution in [0.15, 0.2) is 0 Å². The van der Waals surface area contributed by atoms with Gasteiger partial charge in [-0.2, -0.15) is 0 Å². The van der Waals surface area contributed by atoms with E-state index < -0.39 is 18.3 Å². The topological polar surface area (TPSA) is 77.5 Å². The van der Waals surface area contributed by atoms with Crippen LogP contribution in [0.4, 0.5) is 0 Å². The molecule has 0 bridgehead atoms. The molecule has 0 aliphatic carbocycles. The molecule has 0 fully saturated rings. The van der Waals surface area contributed by atoms with E-state index in [1.54, 1.807) is 0 Å². The first-order chi connectivity index (χ1) is 12.5. The predicted octanol–water partition coefficient (Wildman–Crippen LogP) is 2.55. The van der Waals surface area contributed by atoms with Crippen LogP contribution in [0.1, 0.15) is 59.3 Å². The van der Waals surface area contributed by atoms with Crippen molar-refractivity contribution in [1.29, 1.82) is 0 Å². The van der Waals surface area contributed by atoms with Gasteiger partial charge in [-0.15, -0.1) is 0 Å². The van der Waals surface area contributed by atoms with Crippen molar-refractivity contribution in [3.63, 3.8) is 0 Å². The second kappa shape index (κ2) is 16.4. The lowest BCUT2D eigenvalue weighted by atomic mass is 10.1. The molecule has 7 heteroatoms. The van der Waals surface area contributed by atoms with Crippen LogP contribution in [-0.4, -0.2) is 75.0 Å². The van der Waals surface area contributed by atoms with Crippen molar-refractivity contribution in [2.24, 2.45) is 0 Å². The van der Waals surface area contributed by atoms with Crippen molar-refractivity contribution in [1.82, 2.24) is 5.06 Å². The molecule has 7 nitrogen and oxygen atoms in total. The number of unbranched alkanes of at least 4 members (excludes halogenated alkanes) is 3. The van der Waals surface area contributed by atoms with Gasteiger partial charge in [-0.05, 0) is 19.3 Å². The lowest BCUT2D eigenvalue weighted by molar-refractivity contribution is -0.198. The molecule has 1 amide bonds. The summed E-state index contributed by atoms with van der Waals surface area (Å²) in [5.74, 6) is -0.377. The Hall–Kier alpha value is -0.730. The Morgan fingerprint density at radius 2 is 1.50 bits per heavy atom. The van der Waals surface area contributed by atoms with Crippen LogP contribution >= 0.6 is 0 Å². The Morgan fingerprint density at radius 3 is 2.04 bits per heavy atom. The second-order valence-corrected chi connectivity index (χ2v) is 6.35. The minimum atomic E-state index is -0.954. The largest absolute Gasteiger partial charge is 0.388 e. The van der Waals surface area contributed by atoms with Crippen molar-refractivity contribution in [3.05, 3.63) is 0 Å². The highest BCUT2D eigenvalue weighted by Crippen LogP contribution is 2.15. The number of carbonyl (C=O) groups excluding carboxylic acids is 1. The van der Waals surface area contributed by atoms with Gasteiger partial charge in [0.15, 0.2) is 6.10 Å². The Balaban J connectivity index is 5.09. The number of aliphatic hydroxyl groups excluding tert-OH is 1. The van der Waals surface area contributed by atoms with Gasteiger partial charge in [0.05, 0.1) is 13.7 Å². The van der Waals surface area contributed by atoms with Crippen LogP contribution in [0.5, 0.6) is 0 Å². The predicted molar refractivity (Wildman–Crippen MR) is 101 cm³/mol. The Kier molecular flexibility index (Phi) is 16.0. The molecule has 0 rings (SSSR count). The maximum atomic E-state index is 12.7. The maximum Gasteiger partial charge on any atom is 0.277 e.